The number of likely N-dealkylation sites (tertiary alicyclic amines) is 2. The van der Waals surface area contributed by atoms with E-state index in [1.807, 2.05) is 19.1 Å². The lowest BCUT2D eigenvalue weighted by Crippen LogP contribution is -2.38. The molecule has 2 aliphatic heterocycles. The van der Waals surface area contributed by atoms with Gasteiger partial charge in [-0.2, -0.15) is 0 Å². The Hall–Kier alpha value is -2.15. The molecule has 136 valence electrons. The van der Waals surface area contributed by atoms with E-state index in [-0.39, 0.29) is 49.6 Å². The van der Waals surface area contributed by atoms with Gasteiger partial charge in [0.1, 0.15) is 11.5 Å². The van der Waals surface area contributed by atoms with Gasteiger partial charge in [-0.3, -0.25) is 24.2 Å². The van der Waals surface area contributed by atoms with E-state index in [1.54, 1.807) is 0 Å². The first kappa shape index (κ1) is 17.7. The predicted octanol–water partition coefficient (Wildman–Crippen LogP) is 1.38. The minimum absolute atomic E-state index is 0.0233. The van der Waals surface area contributed by atoms with Crippen molar-refractivity contribution in [3.8, 4) is 0 Å². The van der Waals surface area contributed by atoms with Crippen molar-refractivity contribution < 1.29 is 18.8 Å². The summed E-state index contributed by atoms with van der Waals surface area (Å²) < 4.78 is 5.77. The summed E-state index contributed by atoms with van der Waals surface area (Å²) in [5.74, 6) is 1.21. The highest BCUT2D eigenvalue weighted by molar-refractivity contribution is 6.02. The third-order valence-corrected chi connectivity index (χ3v) is 4.88. The van der Waals surface area contributed by atoms with Crippen LogP contribution in [0.25, 0.3) is 0 Å². The lowest BCUT2D eigenvalue weighted by atomic mass is 10.2. The summed E-state index contributed by atoms with van der Waals surface area (Å²) in [4.78, 5) is 38.8. The van der Waals surface area contributed by atoms with Gasteiger partial charge in [-0.1, -0.05) is 0 Å². The summed E-state index contributed by atoms with van der Waals surface area (Å²) in [5.41, 5.74) is 0. The smallest absolute Gasteiger partial charge is 0.229 e. The minimum atomic E-state index is -0.182. The van der Waals surface area contributed by atoms with Crippen LogP contribution in [0.2, 0.25) is 0 Å². The van der Waals surface area contributed by atoms with Crippen molar-refractivity contribution in [3.63, 3.8) is 0 Å². The van der Waals surface area contributed by atoms with Gasteiger partial charge < -0.3 is 9.73 Å². The van der Waals surface area contributed by atoms with Crippen molar-refractivity contribution >= 4 is 17.7 Å². The van der Waals surface area contributed by atoms with Crippen molar-refractivity contribution in [2.45, 2.75) is 45.1 Å². The van der Waals surface area contributed by atoms with E-state index in [1.165, 1.54) is 4.90 Å². The van der Waals surface area contributed by atoms with Gasteiger partial charge in [-0.05, 0) is 45.0 Å². The fourth-order valence-electron chi connectivity index (χ4n) is 3.48. The third-order valence-electron chi connectivity index (χ3n) is 4.88. The second kappa shape index (κ2) is 7.82. The van der Waals surface area contributed by atoms with Crippen molar-refractivity contribution in [2.24, 2.45) is 0 Å². The number of aryl methyl sites for hydroxylation is 1. The van der Waals surface area contributed by atoms with Crippen molar-refractivity contribution in [2.75, 3.05) is 26.2 Å². The zero-order valence-corrected chi connectivity index (χ0v) is 14.6. The molecule has 1 N–H and O–H groups in total. The number of rotatable bonds is 7. The first-order valence-corrected chi connectivity index (χ1v) is 8.95. The summed E-state index contributed by atoms with van der Waals surface area (Å²) in [6.07, 6.45) is 2.97. The molecule has 2 saturated heterocycles. The highest BCUT2D eigenvalue weighted by atomic mass is 16.3. The number of furan rings is 1. The van der Waals surface area contributed by atoms with Crippen LogP contribution in [0.5, 0.6) is 0 Å². The standard InChI is InChI=1S/C18H25N3O4/c1-13-4-5-15(25-13)14(20-9-2-3-10-20)12-19-16(22)8-11-21-17(23)6-7-18(21)24/h4-5,14H,2-3,6-12H2,1H3,(H,19,22). The lowest BCUT2D eigenvalue weighted by molar-refractivity contribution is -0.138. The second-order valence-electron chi connectivity index (χ2n) is 6.70. The maximum absolute atomic E-state index is 12.2. The molecule has 2 fully saturated rings. The van der Waals surface area contributed by atoms with E-state index in [9.17, 15) is 14.4 Å². The highest BCUT2D eigenvalue weighted by Gasteiger charge is 2.29. The Labute approximate surface area is 147 Å². The minimum Gasteiger partial charge on any atom is -0.465 e. The topological polar surface area (TPSA) is 82.9 Å². The molecule has 0 aromatic carbocycles. The van der Waals surface area contributed by atoms with Crippen molar-refractivity contribution in [1.82, 2.24) is 15.1 Å². The van der Waals surface area contributed by atoms with Crippen LogP contribution in [0.4, 0.5) is 0 Å². The van der Waals surface area contributed by atoms with Gasteiger partial charge in [0.2, 0.25) is 17.7 Å². The number of carbonyl (C=O) groups excluding carboxylic acids is 3. The molecule has 7 heteroatoms. The van der Waals surface area contributed by atoms with Gasteiger partial charge in [-0.25, -0.2) is 0 Å². The van der Waals surface area contributed by atoms with E-state index in [0.29, 0.717) is 6.54 Å². The van der Waals surface area contributed by atoms with Crippen molar-refractivity contribution in [1.29, 1.82) is 0 Å². The molecule has 0 saturated carbocycles. The summed E-state index contributed by atoms with van der Waals surface area (Å²) in [7, 11) is 0. The van der Waals surface area contributed by atoms with Crippen LogP contribution in [0.15, 0.2) is 16.5 Å². The summed E-state index contributed by atoms with van der Waals surface area (Å²) in [6, 6.07) is 3.92. The molecule has 3 amide bonds. The van der Waals surface area contributed by atoms with E-state index in [0.717, 1.165) is 37.5 Å². The van der Waals surface area contributed by atoms with Gasteiger partial charge in [0.15, 0.2) is 0 Å². The Balaban J connectivity index is 1.52. The number of amides is 3. The zero-order chi connectivity index (χ0) is 17.8. The first-order valence-electron chi connectivity index (χ1n) is 8.95. The predicted molar refractivity (Wildman–Crippen MR) is 90.6 cm³/mol. The quantitative estimate of drug-likeness (QED) is 0.754. The number of hydrogen-bond donors (Lipinski definition) is 1. The lowest BCUT2D eigenvalue weighted by Gasteiger charge is -2.26. The molecular formula is C18H25N3O4. The van der Waals surface area contributed by atoms with Crippen LogP contribution in [-0.4, -0.2) is 53.7 Å². The van der Waals surface area contributed by atoms with Crippen LogP contribution in [0.3, 0.4) is 0 Å². The summed E-state index contributed by atoms with van der Waals surface area (Å²) >= 11 is 0. The Bertz CT molecular complexity index is 633. The molecule has 25 heavy (non-hydrogen) atoms. The van der Waals surface area contributed by atoms with Gasteiger partial charge in [-0.15, -0.1) is 0 Å². The monoisotopic (exact) mass is 347 g/mol. The molecule has 2 aliphatic rings. The van der Waals surface area contributed by atoms with Crippen LogP contribution < -0.4 is 5.32 Å². The van der Waals surface area contributed by atoms with Gasteiger partial charge in [0.05, 0.1) is 6.04 Å². The number of imide groups is 1. The number of nitrogens with one attached hydrogen (secondary N) is 1. The molecule has 0 aliphatic carbocycles. The SMILES string of the molecule is Cc1ccc(C(CNC(=O)CCN2C(=O)CCC2=O)N2CCCC2)o1. The molecular weight excluding hydrogens is 322 g/mol. The Morgan fingerprint density at radius 3 is 2.48 bits per heavy atom. The second-order valence-corrected chi connectivity index (χ2v) is 6.70. The molecule has 3 heterocycles. The Kier molecular flexibility index (Phi) is 5.53. The number of nitrogens with zero attached hydrogens (tertiary/aromatic N) is 2. The van der Waals surface area contributed by atoms with Gasteiger partial charge >= 0.3 is 0 Å². The van der Waals surface area contributed by atoms with E-state index < -0.39 is 0 Å². The maximum atomic E-state index is 12.2. The molecule has 1 unspecified atom stereocenters. The summed E-state index contributed by atoms with van der Waals surface area (Å²) in [5, 5.41) is 2.93. The molecule has 1 aromatic rings. The Morgan fingerprint density at radius 1 is 1.20 bits per heavy atom. The fraction of sp³-hybridized carbons (Fsp3) is 0.611. The van der Waals surface area contributed by atoms with E-state index >= 15 is 0 Å². The van der Waals surface area contributed by atoms with Crippen molar-refractivity contribution in [3.05, 3.63) is 23.7 Å². The molecule has 1 aromatic heterocycles. The molecule has 0 bridgehead atoms. The molecule has 3 rings (SSSR count). The Morgan fingerprint density at radius 2 is 1.88 bits per heavy atom. The highest BCUT2D eigenvalue weighted by Crippen LogP contribution is 2.26. The van der Waals surface area contributed by atoms with Crippen LogP contribution in [0, 0.1) is 6.92 Å². The molecule has 0 radical (unpaired) electrons. The van der Waals surface area contributed by atoms with E-state index in [4.69, 9.17) is 4.42 Å². The summed E-state index contributed by atoms with van der Waals surface area (Å²) in [6.45, 7) is 4.53. The molecule has 0 spiro atoms. The van der Waals surface area contributed by atoms with Crippen LogP contribution in [0.1, 0.15) is 49.7 Å². The van der Waals surface area contributed by atoms with Gasteiger partial charge in [0, 0.05) is 32.4 Å². The average molecular weight is 347 g/mol. The number of hydrogen-bond acceptors (Lipinski definition) is 5. The van der Waals surface area contributed by atoms with Crippen LogP contribution >= 0.6 is 0 Å². The van der Waals surface area contributed by atoms with Gasteiger partial charge in [0.25, 0.3) is 0 Å². The zero-order valence-electron chi connectivity index (χ0n) is 14.6. The molecule has 7 nitrogen and oxygen atoms in total. The van der Waals surface area contributed by atoms with Crippen LogP contribution in [-0.2, 0) is 14.4 Å². The number of carbonyl (C=O) groups is 3. The van der Waals surface area contributed by atoms with E-state index in [2.05, 4.69) is 10.2 Å². The average Bonchev–Trinajstić information content (AvgIpc) is 3.31. The first-order chi connectivity index (χ1) is 12.0. The normalized spacial score (nSPS) is 19.6. The largest absolute Gasteiger partial charge is 0.465 e. The third kappa shape index (κ3) is 4.28. The molecule has 1 atom stereocenters. The fourth-order valence-corrected chi connectivity index (χ4v) is 3.48. The maximum Gasteiger partial charge on any atom is 0.229 e.